The minimum Gasteiger partial charge on any atom is -0.308 e. The van der Waals surface area contributed by atoms with Gasteiger partial charge < -0.3 is 14.4 Å². The highest BCUT2D eigenvalue weighted by Crippen LogP contribution is 2.55. The van der Waals surface area contributed by atoms with Gasteiger partial charge in [0, 0.05) is 47.9 Å². The summed E-state index contributed by atoms with van der Waals surface area (Å²) in [4.78, 5) is 14.4. The summed E-state index contributed by atoms with van der Waals surface area (Å²) >= 11 is 3.69. The lowest BCUT2D eigenvalue weighted by Gasteiger charge is -2.34. The molecule has 4 heterocycles. The third-order valence-electron chi connectivity index (χ3n) is 11.0. The second kappa shape index (κ2) is 12.0. The number of hydrogen-bond donors (Lipinski definition) is 0. The highest BCUT2D eigenvalue weighted by atomic mass is 32.2. The number of para-hydroxylation sites is 3. The van der Waals surface area contributed by atoms with Crippen LogP contribution in [0.4, 0.5) is 34.1 Å². The first-order valence-electron chi connectivity index (χ1n) is 18.4. The van der Waals surface area contributed by atoms with Crippen molar-refractivity contribution in [2.45, 2.75) is 19.6 Å². The van der Waals surface area contributed by atoms with Gasteiger partial charge >= 0.3 is 0 Å². The molecule has 2 aromatic heterocycles. The molecule has 2 aliphatic rings. The topological polar surface area (TPSA) is 24.3 Å². The number of nitrogens with zero attached hydrogens (tertiary/aromatic N) is 4. The Morgan fingerprint density at radius 1 is 0.382 bits per heavy atom. The Balaban J connectivity index is 1.05. The van der Waals surface area contributed by atoms with Crippen LogP contribution in [0.3, 0.4) is 0 Å². The maximum absolute atomic E-state index is 4.54. The Bertz CT molecular complexity index is 3140. The molecule has 55 heavy (non-hydrogen) atoms. The van der Waals surface area contributed by atoms with Gasteiger partial charge in [-0.05, 0) is 113 Å². The zero-order valence-electron chi connectivity index (χ0n) is 29.4. The Hall–Kier alpha value is -6.47. The smallest absolute Gasteiger partial charge is 0.0645 e. The van der Waals surface area contributed by atoms with Crippen molar-refractivity contribution in [1.82, 2.24) is 9.55 Å². The van der Waals surface area contributed by atoms with Crippen molar-refractivity contribution in [3.05, 3.63) is 182 Å². The Labute approximate surface area is 326 Å². The molecule has 4 nitrogen and oxygen atoms in total. The number of benzene rings is 8. The predicted molar refractivity (Wildman–Crippen MR) is 231 cm³/mol. The third kappa shape index (κ3) is 4.72. The first kappa shape index (κ1) is 30.9. The molecule has 0 saturated carbocycles. The molecule has 0 amide bonds. The third-order valence-corrected chi connectivity index (χ3v) is 13.2. The van der Waals surface area contributed by atoms with Crippen LogP contribution < -0.4 is 9.80 Å². The van der Waals surface area contributed by atoms with E-state index in [9.17, 15) is 0 Å². The van der Waals surface area contributed by atoms with Crippen LogP contribution in [0.25, 0.3) is 49.0 Å². The highest BCUT2D eigenvalue weighted by Gasteiger charge is 2.28. The van der Waals surface area contributed by atoms with Crippen LogP contribution in [0.1, 0.15) is 0 Å². The number of fused-ring (bicyclic) bond motifs is 10. The second-order valence-electron chi connectivity index (χ2n) is 14.1. The lowest BCUT2D eigenvalue weighted by atomic mass is 10.0. The van der Waals surface area contributed by atoms with E-state index in [1.54, 1.807) is 0 Å². The number of rotatable bonds is 3. The van der Waals surface area contributed by atoms with Crippen molar-refractivity contribution in [1.29, 1.82) is 0 Å². The Kier molecular flexibility index (Phi) is 6.76. The maximum atomic E-state index is 4.54. The van der Waals surface area contributed by atoms with E-state index >= 15 is 0 Å². The predicted octanol–water partition coefficient (Wildman–Crippen LogP) is 14.4. The molecular formula is C49H30N4S2. The van der Waals surface area contributed by atoms with E-state index in [1.165, 1.54) is 80.2 Å². The fraction of sp³-hybridized carbons (Fsp3) is 0. The first-order chi connectivity index (χ1) is 27.3. The largest absolute Gasteiger partial charge is 0.308 e. The second-order valence-corrected chi connectivity index (χ2v) is 16.2. The van der Waals surface area contributed by atoms with Gasteiger partial charge in [0.1, 0.15) is 0 Å². The van der Waals surface area contributed by atoms with Gasteiger partial charge in [-0.1, -0.05) is 102 Å². The molecule has 0 saturated heterocycles. The normalized spacial score (nSPS) is 13.2. The van der Waals surface area contributed by atoms with Crippen molar-refractivity contribution in [3.8, 4) is 5.69 Å². The van der Waals surface area contributed by atoms with Crippen molar-refractivity contribution in [2.75, 3.05) is 9.80 Å². The maximum Gasteiger partial charge on any atom is 0.0645 e. The van der Waals surface area contributed by atoms with E-state index in [-0.39, 0.29) is 0 Å². The fourth-order valence-corrected chi connectivity index (χ4v) is 10.7. The van der Waals surface area contributed by atoms with Crippen molar-refractivity contribution in [3.63, 3.8) is 0 Å². The van der Waals surface area contributed by atoms with E-state index in [1.807, 2.05) is 42.0 Å². The van der Waals surface area contributed by atoms with Crippen LogP contribution in [-0.2, 0) is 0 Å². The molecule has 6 heteroatoms. The standard InChI is InChI=1S/C49H30N4S2/c1-2-12-37-31(10-1)21-24-42-49(37)38-28-48-44(29-43(38)53(42)36-11-9-25-50-30-36)52(41-15-5-8-18-47(41)55-48)35-23-20-32-26-34(22-19-33(32)27-35)51-39-13-3-6-16-45(39)54-46-17-7-4-14-40(46)51/h1-30H. The summed E-state index contributed by atoms with van der Waals surface area (Å²) < 4.78 is 2.38. The SMILES string of the molecule is c1cncc(-n2c3cc4c(cc3c3c5ccccc5ccc32)Sc2ccccc2N4c2ccc3cc(N4c5ccccc5Sc5ccccc54)ccc3c2)c1. The molecule has 10 aromatic rings. The van der Waals surface area contributed by atoms with E-state index < -0.39 is 0 Å². The molecule has 0 atom stereocenters. The first-order valence-corrected chi connectivity index (χ1v) is 20.1. The fourth-order valence-electron chi connectivity index (χ4n) is 8.56. The lowest BCUT2D eigenvalue weighted by Crippen LogP contribution is -2.15. The number of pyridine rings is 1. The van der Waals surface area contributed by atoms with Gasteiger partial charge in [0.2, 0.25) is 0 Å². The molecule has 258 valence electrons. The summed E-state index contributed by atoms with van der Waals surface area (Å²) in [6, 6.07) is 62.2. The monoisotopic (exact) mass is 738 g/mol. The van der Waals surface area contributed by atoms with Gasteiger partial charge in [0.25, 0.3) is 0 Å². The van der Waals surface area contributed by atoms with Crippen LogP contribution in [-0.4, -0.2) is 9.55 Å². The number of aromatic nitrogens is 2. The summed E-state index contributed by atoms with van der Waals surface area (Å²) in [5.74, 6) is 0. The lowest BCUT2D eigenvalue weighted by molar-refractivity contribution is 1.13. The molecule has 0 spiro atoms. The van der Waals surface area contributed by atoms with Gasteiger partial charge in [0.05, 0.1) is 45.7 Å². The number of hydrogen-bond acceptors (Lipinski definition) is 5. The van der Waals surface area contributed by atoms with Gasteiger partial charge in [0.15, 0.2) is 0 Å². The van der Waals surface area contributed by atoms with Crippen molar-refractivity contribution >= 4 is 101 Å². The molecule has 12 rings (SSSR count). The zero-order valence-corrected chi connectivity index (χ0v) is 31.1. The molecule has 0 N–H and O–H groups in total. The molecule has 0 bridgehead atoms. The summed E-state index contributed by atoms with van der Waals surface area (Å²) in [5.41, 5.74) is 10.5. The number of anilines is 6. The average molecular weight is 739 g/mol. The molecule has 2 aliphatic heterocycles. The Morgan fingerprint density at radius 3 is 1.62 bits per heavy atom. The molecule has 8 aromatic carbocycles. The minimum atomic E-state index is 1.05. The van der Waals surface area contributed by atoms with Gasteiger partial charge in [-0.15, -0.1) is 0 Å². The molecular weight excluding hydrogens is 709 g/mol. The Morgan fingerprint density at radius 2 is 0.964 bits per heavy atom. The zero-order chi connectivity index (χ0) is 36.0. The van der Waals surface area contributed by atoms with Crippen LogP contribution in [0.15, 0.2) is 202 Å². The summed E-state index contributed by atoms with van der Waals surface area (Å²) in [7, 11) is 0. The van der Waals surface area contributed by atoms with Crippen LogP contribution in [0, 0.1) is 0 Å². The van der Waals surface area contributed by atoms with Crippen LogP contribution >= 0.6 is 23.5 Å². The molecule has 0 fully saturated rings. The average Bonchev–Trinajstić information content (AvgIpc) is 3.57. The van der Waals surface area contributed by atoms with Crippen LogP contribution in [0.2, 0.25) is 0 Å². The quantitative estimate of drug-likeness (QED) is 0.180. The minimum absolute atomic E-state index is 1.05. The summed E-state index contributed by atoms with van der Waals surface area (Å²) in [5, 5.41) is 7.41. The highest BCUT2D eigenvalue weighted by molar-refractivity contribution is 8.00. The van der Waals surface area contributed by atoms with E-state index in [4.69, 9.17) is 0 Å². The van der Waals surface area contributed by atoms with Gasteiger partial charge in [-0.3, -0.25) is 4.98 Å². The summed E-state index contributed by atoms with van der Waals surface area (Å²) in [6.45, 7) is 0. The van der Waals surface area contributed by atoms with Crippen molar-refractivity contribution < 1.29 is 0 Å². The van der Waals surface area contributed by atoms with Gasteiger partial charge in [-0.25, -0.2) is 0 Å². The van der Waals surface area contributed by atoms with E-state index in [2.05, 4.69) is 183 Å². The van der Waals surface area contributed by atoms with Crippen LogP contribution in [0.5, 0.6) is 0 Å². The van der Waals surface area contributed by atoms with Gasteiger partial charge in [-0.2, -0.15) is 0 Å². The molecule has 0 radical (unpaired) electrons. The van der Waals surface area contributed by atoms with E-state index in [0.717, 1.165) is 22.6 Å². The summed E-state index contributed by atoms with van der Waals surface area (Å²) in [6.07, 6.45) is 3.81. The van der Waals surface area contributed by atoms with Crippen molar-refractivity contribution in [2.24, 2.45) is 0 Å². The molecule has 0 aliphatic carbocycles. The molecule has 0 unspecified atom stereocenters. The van der Waals surface area contributed by atoms with E-state index in [0.29, 0.717) is 0 Å².